The number of carbonyl (C=O) groups is 1. The van der Waals surface area contributed by atoms with Crippen molar-refractivity contribution in [3.63, 3.8) is 0 Å². The van der Waals surface area contributed by atoms with Crippen LogP contribution < -0.4 is 11.1 Å². The van der Waals surface area contributed by atoms with Crippen molar-refractivity contribution in [3.8, 4) is 0 Å². The predicted molar refractivity (Wildman–Crippen MR) is 110 cm³/mol. The number of amides is 1. The smallest absolute Gasteiger partial charge is 0.237 e. The van der Waals surface area contributed by atoms with Crippen molar-refractivity contribution >= 4 is 28.2 Å². The Balaban J connectivity index is 0.00000364. The van der Waals surface area contributed by atoms with Crippen LogP contribution in [0, 0.1) is 0 Å². The highest BCUT2D eigenvalue weighted by Gasteiger charge is 2.42. The second-order valence-corrected chi connectivity index (χ2v) is 10.8. The van der Waals surface area contributed by atoms with E-state index in [2.05, 4.69) is 24.1 Å². The number of nitrogens with one attached hydrogen (secondary N) is 1. The summed E-state index contributed by atoms with van der Waals surface area (Å²) in [6.45, 7) is 7.21. The molecule has 3 N–H and O–H groups in total. The van der Waals surface area contributed by atoms with Crippen molar-refractivity contribution in [1.82, 2.24) is 10.2 Å². The zero-order chi connectivity index (χ0) is 19.4. The van der Waals surface area contributed by atoms with Crippen LogP contribution in [-0.2, 0) is 19.4 Å². The molecule has 160 valence electrons. The molecule has 1 atom stereocenters. The predicted octanol–water partition coefficient (Wildman–Crippen LogP) is 1.10. The molecule has 1 saturated carbocycles. The minimum Gasteiger partial charge on any atom is -0.373 e. The van der Waals surface area contributed by atoms with Gasteiger partial charge in [0.05, 0.1) is 24.0 Å². The number of hydrogen-bond acceptors (Lipinski definition) is 6. The van der Waals surface area contributed by atoms with Crippen molar-refractivity contribution < 1.29 is 17.9 Å². The Hall–Kier alpha value is -0.410. The Morgan fingerprint density at radius 3 is 2.44 bits per heavy atom. The summed E-state index contributed by atoms with van der Waals surface area (Å²) in [5.41, 5.74) is 5.66. The maximum absolute atomic E-state index is 12.4. The van der Waals surface area contributed by atoms with Gasteiger partial charge in [0, 0.05) is 31.4 Å². The minimum absolute atomic E-state index is 0. The summed E-state index contributed by atoms with van der Waals surface area (Å²) in [5.74, 6) is -0.323. The highest BCUT2D eigenvalue weighted by molar-refractivity contribution is 7.90. The first-order valence-corrected chi connectivity index (χ1v) is 11.7. The molecule has 0 aromatic heterocycles. The first-order chi connectivity index (χ1) is 12.0. The third kappa shape index (κ3) is 7.49. The van der Waals surface area contributed by atoms with E-state index in [0.29, 0.717) is 13.2 Å². The highest BCUT2D eigenvalue weighted by atomic mass is 35.5. The molecule has 27 heavy (non-hydrogen) atoms. The molecule has 0 radical (unpaired) electrons. The summed E-state index contributed by atoms with van der Waals surface area (Å²) in [6, 6.07) is -0.786. The fourth-order valence-corrected chi connectivity index (χ4v) is 4.77. The van der Waals surface area contributed by atoms with Crippen LogP contribution >= 0.6 is 12.4 Å². The van der Waals surface area contributed by atoms with Crippen molar-refractivity contribution in [2.45, 2.75) is 69.6 Å². The van der Waals surface area contributed by atoms with E-state index in [1.54, 1.807) is 0 Å². The van der Waals surface area contributed by atoms with Crippen molar-refractivity contribution in [3.05, 3.63) is 0 Å². The summed E-state index contributed by atoms with van der Waals surface area (Å²) in [5, 5.41) is 3.01. The average molecular weight is 426 g/mol. The number of halogens is 1. The van der Waals surface area contributed by atoms with E-state index in [4.69, 9.17) is 10.5 Å². The second kappa shape index (κ2) is 9.87. The Morgan fingerprint density at radius 1 is 1.26 bits per heavy atom. The van der Waals surface area contributed by atoms with Crippen LogP contribution in [0.4, 0.5) is 0 Å². The van der Waals surface area contributed by atoms with Gasteiger partial charge in [0.15, 0.2) is 0 Å². The normalized spacial score (nSPS) is 23.9. The molecule has 1 saturated heterocycles. The van der Waals surface area contributed by atoms with Crippen LogP contribution in [0.3, 0.4) is 0 Å². The summed E-state index contributed by atoms with van der Waals surface area (Å²) in [7, 11) is -3.11. The van der Waals surface area contributed by atoms with Gasteiger partial charge in [0.25, 0.3) is 0 Å². The highest BCUT2D eigenvalue weighted by Crippen LogP contribution is 2.36. The summed E-state index contributed by atoms with van der Waals surface area (Å²) >= 11 is 0. The molecule has 1 heterocycles. The van der Waals surface area contributed by atoms with Crippen molar-refractivity contribution in [1.29, 1.82) is 0 Å². The van der Waals surface area contributed by atoms with Gasteiger partial charge in [-0.3, -0.25) is 9.69 Å². The number of nitrogens with two attached hydrogens (primary N) is 1. The van der Waals surface area contributed by atoms with E-state index < -0.39 is 15.9 Å². The van der Waals surface area contributed by atoms with Crippen molar-refractivity contribution in [2.75, 3.05) is 38.2 Å². The van der Waals surface area contributed by atoms with E-state index in [1.807, 2.05) is 0 Å². The van der Waals surface area contributed by atoms with Gasteiger partial charge in [0.1, 0.15) is 9.84 Å². The minimum atomic E-state index is -3.11. The topological polar surface area (TPSA) is 102 Å². The lowest BCUT2D eigenvalue weighted by Crippen LogP contribution is -2.63. The van der Waals surface area contributed by atoms with Crippen LogP contribution in [-0.4, -0.2) is 74.7 Å². The molecule has 2 rings (SSSR count). The molecule has 0 aromatic rings. The van der Waals surface area contributed by atoms with E-state index in [9.17, 15) is 13.2 Å². The number of morpholine rings is 1. The Morgan fingerprint density at radius 2 is 1.89 bits per heavy atom. The number of nitrogens with zero attached hydrogens (tertiary/aromatic N) is 1. The van der Waals surface area contributed by atoms with Gasteiger partial charge in [-0.25, -0.2) is 8.42 Å². The van der Waals surface area contributed by atoms with Gasteiger partial charge in [-0.1, -0.05) is 19.3 Å². The Labute approximate surface area is 170 Å². The molecule has 1 amide bonds. The largest absolute Gasteiger partial charge is 0.373 e. The maximum Gasteiger partial charge on any atom is 0.237 e. The van der Waals surface area contributed by atoms with Crippen LogP contribution in [0.1, 0.15) is 52.4 Å². The van der Waals surface area contributed by atoms with E-state index in [-0.39, 0.29) is 41.6 Å². The zero-order valence-corrected chi connectivity index (χ0v) is 18.5. The number of rotatable bonds is 7. The van der Waals surface area contributed by atoms with Crippen LogP contribution in [0.25, 0.3) is 0 Å². The summed E-state index contributed by atoms with van der Waals surface area (Å²) < 4.78 is 28.4. The molecule has 1 aliphatic heterocycles. The standard InChI is InChI=1S/C18H35N3O4S.ClH/c1-17(2)14-21(10-11-25-17)18(8-5-4-6-9-18)13-20-16(22)15(19)7-12-26(3,23)24;/h15H,4-14,19H2,1-3H3,(H,20,22);1H. The second-order valence-electron chi connectivity index (χ2n) is 8.56. The number of hydrogen-bond donors (Lipinski definition) is 2. The first kappa shape index (κ1) is 24.6. The molecule has 7 nitrogen and oxygen atoms in total. The van der Waals surface area contributed by atoms with E-state index >= 15 is 0 Å². The fourth-order valence-electron chi connectivity index (χ4n) is 4.09. The lowest BCUT2D eigenvalue weighted by atomic mass is 9.79. The monoisotopic (exact) mass is 425 g/mol. The average Bonchev–Trinajstić information content (AvgIpc) is 2.57. The molecule has 0 spiro atoms. The fraction of sp³-hybridized carbons (Fsp3) is 0.944. The van der Waals surface area contributed by atoms with Gasteiger partial charge in [-0.05, 0) is 33.1 Å². The van der Waals surface area contributed by atoms with Gasteiger partial charge in [0.2, 0.25) is 5.91 Å². The first-order valence-electron chi connectivity index (χ1n) is 9.63. The van der Waals surface area contributed by atoms with E-state index in [0.717, 1.165) is 45.0 Å². The van der Waals surface area contributed by atoms with Gasteiger partial charge in [-0.15, -0.1) is 12.4 Å². The van der Waals surface area contributed by atoms with Crippen LogP contribution in [0.2, 0.25) is 0 Å². The molecule has 1 aliphatic carbocycles. The molecule has 2 aliphatic rings. The number of carbonyl (C=O) groups excluding carboxylic acids is 1. The molecule has 0 bridgehead atoms. The molecule has 2 fully saturated rings. The van der Waals surface area contributed by atoms with Gasteiger partial charge < -0.3 is 15.8 Å². The lowest BCUT2D eigenvalue weighted by Gasteiger charge is -2.51. The Bertz CT molecular complexity index is 591. The molecular formula is C18H36ClN3O4S. The van der Waals surface area contributed by atoms with E-state index in [1.165, 1.54) is 6.42 Å². The van der Waals surface area contributed by atoms with Crippen LogP contribution in [0.5, 0.6) is 0 Å². The summed E-state index contributed by atoms with van der Waals surface area (Å²) in [6.07, 6.45) is 6.99. The molecule has 9 heteroatoms. The number of sulfone groups is 1. The van der Waals surface area contributed by atoms with Gasteiger partial charge in [-0.2, -0.15) is 0 Å². The molecular weight excluding hydrogens is 390 g/mol. The van der Waals surface area contributed by atoms with Crippen molar-refractivity contribution in [2.24, 2.45) is 5.73 Å². The number of ether oxygens (including phenoxy) is 1. The molecule has 1 unspecified atom stereocenters. The SMILES string of the molecule is CC1(C)CN(C2(CNC(=O)C(N)CCS(C)(=O)=O)CCCCC2)CCO1.Cl. The maximum atomic E-state index is 12.4. The van der Waals surface area contributed by atoms with Gasteiger partial charge >= 0.3 is 0 Å². The zero-order valence-electron chi connectivity index (χ0n) is 16.8. The lowest BCUT2D eigenvalue weighted by molar-refractivity contribution is -0.130. The molecule has 0 aromatic carbocycles. The quantitative estimate of drug-likeness (QED) is 0.633. The third-order valence-corrected chi connectivity index (χ3v) is 6.59. The Kier molecular flexibility index (Phi) is 9.00. The van der Waals surface area contributed by atoms with Crippen LogP contribution in [0.15, 0.2) is 0 Å². The third-order valence-electron chi connectivity index (χ3n) is 5.61. The summed E-state index contributed by atoms with van der Waals surface area (Å²) in [4.78, 5) is 14.9.